The van der Waals surface area contributed by atoms with E-state index in [1.807, 2.05) is 60.1 Å². The Hall–Kier alpha value is -3.26. The minimum Gasteiger partial charge on any atom is -0.497 e. The van der Waals surface area contributed by atoms with Crippen molar-refractivity contribution >= 4 is 35.1 Å². The number of hydrogen-bond donors (Lipinski definition) is 1. The molecule has 2 aromatic carbocycles. The molecule has 8 heteroatoms. The average molecular weight is 449 g/mol. The number of fused-ring (bicyclic) bond motifs is 1. The Morgan fingerprint density at radius 3 is 2.75 bits per heavy atom. The lowest BCUT2D eigenvalue weighted by atomic mass is 10.1. The van der Waals surface area contributed by atoms with Crippen LogP contribution >= 0.6 is 11.8 Å². The molecule has 1 atom stereocenters. The van der Waals surface area contributed by atoms with Gasteiger partial charge in [0, 0.05) is 41.8 Å². The predicted octanol–water partition coefficient (Wildman–Crippen LogP) is 3.93. The topological polar surface area (TPSA) is 76.5 Å². The molecule has 32 heavy (non-hydrogen) atoms. The normalized spacial score (nSPS) is 17.5. The van der Waals surface area contributed by atoms with Crippen molar-refractivity contribution < 1.29 is 14.3 Å². The Labute approximate surface area is 190 Å². The van der Waals surface area contributed by atoms with E-state index >= 15 is 0 Å². The summed E-state index contributed by atoms with van der Waals surface area (Å²) < 4.78 is 7.09. The number of ether oxygens (including phenoxy) is 1. The molecule has 164 valence electrons. The number of benzene rings is 2. The summed E-state index contributed by atoms with van der Waals surface area (Å²) in [4.78, 5) is 27.6. The highest BCUT2D eigenvalue weighted by Crippen LogP contribution is 2.37. The van der Waals surface area contributed by atoms with Crippen LogP contribution in [0.1, 0.15) is 23.2 Å². The van der Waals surface area contributed by atoms with E-state index in [1.54, 1.807) is 23.8 Å². The fourth-order valence-corrected chi connectivity index (χ4v) is 5.18. The fourth-order valence-electron chi connectivity index (χ4n) is 4.14. The molecule has 1 fully saturated rings. The van der Waals surface area contributed by atoms with E-state index in [1.165, 1.54) is 0 Å². The van der Waals surface area contributed by atoms with Gasteiger partial charge in [0.1, 0.15) is 11.6 Å². The zero-order chi connectivity index (χ0) is 22.2. The van der Waals surface area contributed by atoms with Crippen LogP contribution in [0.3, 0.4) is 0 Å². The molecule has 1 saturated heterocycles. The van der Waals surface area contributed by atoms with E-state index in [4.69, 9.17) is 9.84 Å². The first kappa shape index (κ1) is 20.6. The summed E-state index contributed by atoms with van der Waals surface area (Å²) in [6, 6.07) is 15.4. The molecule has 0 saturated carbocycles. The molecule has 1 N–H and O–H groups in total. The Morgan fingerprint density at radius 1 is 1.16 bits per heavy atom. The van der Waals surface area contributed by atoms with Gasteiger partial charge >= 0.3 is 0 Å². The van der Waals surface area contributed by atoms with Crippen LogP contribution in [0, 0.1) is 12.8 Å². The van der Waals surface area contributed by atoms with Gasteiger partial charge in [0.2, 0.25) is 11.8 Å². The number of hydrogen-bond acceptors (Lipinski definition) is 5. The van der Waals surface area contributed by atoms with Gasteiger partial charge in [0.25, 0.3) is 0 Å². The maximum atomic E-state index is 13.2. The molecule has 2 aliphatic heterocycles. The van der Waals surface area contributed by atoms with Crippen molar-refractivity contribution in [1.82, 2.24) is 9.78 Å². The maximum Gasteiger partial charge on any atom is 0.230 e. The number of aryl methyl sites for hydroxylation is 1. The number of nitrogens with one attached hydrogen (secondary N) is 1. The van der Waals surface area contributed by atoms with Crippen molar-refractivity contribution in [2.24, 2.45) is 5.92 Å². The number of carbonyl (C=O) groups excluding carboxylic acids is 2. The summed E-state index contributed by atoms with van der Waals surface area (Å²) >= 11 is 1.79. The van der Waals surface area contributed by atoms with Gasteiger partial charge in [-0.25, -0.2) is 4.68 Å². The second-order valence-corrected chi connectivity index (χ2v) is 9.10. The van der Waals surface area contributed by atoms with Crippen LogP contribution in [0.5, 0.6) is 5.75 Å². The van der Waals surface area contributed by atoms with Crippen LogP contribution in [-0.4, -0.2) is 35.2 Å². The zero-order valence-electron chi connectivity index (χ0n) is 18.0. The second kappa shape index (κ2) is 8.35. The van der Waals surface area contributed by atoms with E-state index in [0.717, 1.165) is 39.7 Å². The average Bonchev–Trinajstić information content (AvgIpc) is 3.50. The molecular formula is C24H24N4O3S. The first-order chi connectivity index (χ1) is 15.5. The standard InChI is InChI=1S/C24H24N4O3S/c1-15-6-8-17(9-7-15)28-23(20-13-32-14-21(20)26-28)25-24(30)16-10-22(29)27(12-16)18-4-3-5-19(11-18)31-2/h3-9,11,16H,10,12-14H2,1-2H3,(H,25,30). The molecule has 0 aliphatic carbocycles. The fraction of sp³-hybridized carbons (Fsp3) is 0.292. The van der Waals surface area contributed by atoms with Crippen molar-refractivity contribution in [2.75, 3.05) is 23.9 Å². The van der Waals surface area contributed by atoms with Crippen LogP contribution in [0.15, 0.2) is 48.5 Å². The van der Waals surface area contributed by atoms with Gasteiger partial charge in [-0.15, -0.1) is 0 Å². The van der Waals surface area contributed by atoms with E-state index < -0.39 is 5.92 Å². The van der Waals surface area contributed by atoms with Gasteiger partial charge in [-0.2, -0.15) is 16.9 Å². The quantitative estimate of drug-likeness (QED) is 0.640. The van der Waals surface area contributed by atoms with E-state index in [-0.39, 0.29) is 18.2 Å². The van der Waals surface area contributed by atoms with Crippen molar-refractivity contribution in [3.63, 3.8) is 0 Å². The molecule has 0 radical (unpaired) electrons. The number of rotatable bonds is 5. The molecule has 2 aliphatic rings. The lowest BCUT2D eigenvalue weighted by Crippen LogP contribution is -2.28. The SMILES string of the molecule is COc1cccc(N2CC(C(=O)Nc3c4c(nn3-c3ccc(C)cc3)CSC4)CC2=O)c1. The monoisotopic (exact) mass is 448 g/mol. The number of methoxy groups -OCH3 is 1. The number of carbonyl (C=O) groups is 2. The lowest BCUT2D eigenvalue weighted by Gasteiger charge is -2.18. The van der Waals surface area contributed by atoms with Crippen LogP contribution in [-0.2, 0) is 21.1 Å². The largest absolute Gasteiger partial charge is 0.497 e. The van der Waals surface area contributed by atoms with Gasteiger partial charge in [0.15, 0.2) is 0 Å². The van der Waals surface area contributed by atoms with Crippen LogP contribution in [0.4, 0.5) is 11.5 Å². The van der Waals surface area contributed by atoms with Gasteiger partial charge in [-0.05, 0) is 31.2 Å². The van der Waals surface area contributed by atoms with Crippen LogP contribution in [0.2, 0.25) is 0 Å². The summed E-state index contributed by atoms with van der Waals surface area (Å²) in [5.41, 5.74) is 4.89. The summed E-state index contributed by atoms with van der Waals surface area (Å²) in [5.74, 6) is 2.39. The first-order valence-corrected chi connectivity index (χ1v) is 11.7. The molecule has 2 amide bonds. The number of nitrogens with zero attached hydrogens (tertiary/aromatic N) is 3. The van der Waals surface area contributed by atoms with Gasteiger partial charge in [-0.3, -0.25) is 9.59 Å². The van der Waals surface area contributed by atoms with Crippen molar-refractivity contribution in [2.45, 2.75) is 24.9 Å². The predicted molar refractivity (Wildman–Crippen MR) is 125 cm³/mol. The molecule has 1 unspecified atom stereocenters. The molecule has 3 heterocycles. The number of anilines is 2. The molecular weight excluding hydrogens is 424 g/mol. The summed E-state index contributed by atoms with van der Waals surface area (Å²) in [6.45, 7) is 2.38. The van der Waals surface area contributed by atoms with E-state index in [0.29, 0.717) is 18.1 Å². The van der Waals surface area contributed by atoms with Gasteiger partial charge < -0.3 is 15.0 Å². The highest BCUT2D eigenvalue weighted by Gasteiger charge is 2.36. The minimum atomic E-state index is -0.431. The van der Waals surface area contributed by atoms with Gasteiger partial charge in [0.05, 0.1) is 24.4 Å². The zero-order valence-corrected chi connectivity index (χ0v) is 18.8. The molecule has 1 aromatic heterocycles. The van der Waals surface area contributed by atoms with Crippen molar-refractivity contribution in [3.8, 4) is 11.4 Å². The third kappa shape index (κ3) is 3.75. The van der Waals surface area contributed by atoms with Crippen LogP contribution in [0.25, 0.3) is 5.69 Å². The van der Waals surface area contributed by atoms with E-state index in [9.17, 15) is 9.59 Å². The second-order valence-electron chi connectivity index (χ2n) is 8.11. The van der Waals surface area contributed by atoms with Crippen molar-refractivity contribution in [1.29, 1.82) is 0 Å². The van der Waals surface area contributed by atoms with E-state index in [2.05, 4.69) is 5.32 Å². The smallest absolute Gasteiger partial charge is 0.230 e. The highest BCUT2D eigenvalue weighted by molar-refractivity contribution is 7.98. The third-order valence-corrected chi connectivity index (χ3v) is 6.90. The highest BCUT2D eigenvalue weighted by atomic mass is 32.2. The number of aromatic nitrogens is 2. The summed E-state index contributed by atoms with van der Waals surface area (Å²) in [6.07, 6.45) is 0.179. The molecule has 0 bridgehead atoms. The van der Waals surface area contributed by atoms with Crippen molar-refractivity contribution in [3.05, 3.63) is 65.4 Å². The maximum absolute atomic E-state index is 13.2. The molecule has 0 spiro atoms. The Kier molecular flexibility index (Phi) is 5.38. The Balaban J connectivity index is 1.39. The minimum absolute atomic E-state index is 0.0637. The molecule has 5 rings (SSSR count). The Bertz CT molecular complexity index is 1190. The lowest BCUT2D eigenvalue weighted by molar-refractivity contribution is -0.122. The summed E-state index contributed by atoms with van der Waals surface area (Å²) in [5, 5.41) is 7.86. The number of thioether (sulfide) groups is 1. The first-order valence-electron chi connectivity index (χ1n) is 10.5. The molecule has 7 nitrogen and oxygen atoms in total. The summed E-state index contributed by atoms with van der Waals surface area (Å²) in [7, 11) is 1.59. The molecule has 3 aromatic rings. The number of amides is 2. The van der Waals surface area contributed by atoms with Crippen LogP contribution < -0.4 is 15.0 Å². The van der Waals surface area contributed by atoms with Gasteiger partial charge in [-0.1, -0.05) is 23.8 Å². The Morgan fingerprint density at radius 2 is 1.97 bits per heavy atom. The third-order valence-electron chi connectivity index (χ3n) is 5.93.